The highest BCUT2D eigenvalue weighted by Gasteiger charge is 2.25. The van der Waals surface area contributed by atoms with Crippen molar-refractivity contribution >= 4 is 16.8 Å². The predicted molar refractivity (Wildman–Crippen MR) is 86.6 cm³/mol. The Bertz CT molecular complexity index is 652. The first-order valence-electron chi connectivity index (χ1n) is 7.86. The van der Waals surface area contributed by atoms with Crippen LogP contribution in [-0.4, -0.2) is 47.6 Å². The van der Waals surface area contributed by atoms with Crippen molar-refractivity contribution < 1.29 is 9.53 Å². The van der Waals surface area contributed by atoms with Crippen LogP contribution < -0.4 is 5.73 Å². The number of aromatic amines is 1. The number of carbonyl (C=O) groups is 1. The van der Waals surface area contributed by atoms with Gasteiger partial charge in [-0.15, -0.1) is 0 Å². The molecule has 3 rings (SSSR count). The van der Waals surface area contributed by atoms with Crippen molar-refractivity contribution in [3.05, 3.63) is 36.0 Å². The fraction of sp³-hybridized carbons (Fsp3) is 0.471. The summed E-state index contributed by atoms with van der Waals surface area (Å²) in [6.07, 6.45) is 3.45. The summed E-state index contributed by atoms with van der Waals surface area (Å²) < 4.78 is 5.59. The molecule has 1 amide bonds. The molecule has 0 radical (unpaired) electrons. The maximum Gasteiger partial charge on any atom is 0.239 e. The van der Waals surface area contributed by atoms with Gasteiger partial charge in [0, 0.05) is 36.8 Å². The smallest absolute Gasteiger partial charge is 0.239 e. The summed E-state index contributed by atoms with van der Waals surface area (Å²) in [7, 11) is 0. The van der Waals surface area contributed by atoms with Gasteiger partial charge in [0.15, 0.2) is 0 Å². The number of nitrogens with two attached hydrogens (primary N) is 1. The molecule has 0 spiro atoms. The fourth-order valence-corrected chi connectivity index (χ4v) is 3.05. The Morgan fingerprint density at radius 3 is 3.18 bits per heavy atom. The summed E-state index contributed by atoms with van der Waals surface area (Å²) >= 11 is 0. The number of rotatable bonds is 3. The molecule has 1 aromatic heterocycles. The van der Waals surface area contributed by atoms with Crippen LogP contribution >= 0.6 is 0 Å². The molecule has 1 aliphatic rings. The average molecular weight is 301 g/mol. The van der Waals surface area contributed by atoms with Crippen molar-refractivity contribution in [3.63, 3.8) is 0 Å². The van der Waals surface area contributed by atoms with Crippen LogP contribution in [0.2, 0.25) is 0 Å². The van der Waals surface area contributed by atoms with Crippen molar-refractivity contribution in [1.29, 1.82) is 0 Å². The minimum atomic E-state index is -0.510. The maximum atomic E-state index is 12.6. The highest BCUT2D eigenvalue weighted by atomic mass is 16.5. The third kappa shape index (κ3) is 3.15. The quantitative estimate of drug-likeness (QED) is 0.906. The monoisotopic (exact) mass is 301 g/mol. The van der Waals surface area contributed by atoms with Gasteiger partial charge in [-0.1, -0.05) is 18.2 Å². The van der Waals surface area contributed by atoms with Crippen molar-refractivity contribution in [2.45, 2.75) is 31.9 Å². The first kappa shape index (κ1) is 15.1. The summed E-state index contributed by atoms with van der Waals surface area (Å²) in [5.74, 6) is 0.0163. The Balaban J connectivity index is 1.70. The van der Waals surface area contributed by atoms with Gasteiger partial charge in [0.2, 0.25) is 5.91 Å². The molecule has 2 aromatic rings. The first-order valence-corrected chi connectivity index (χ1v) is 7.86. The number of fused-ring (bicyclic) bond motifs is 1. The lowest BCUT2D eigenvalue weighted by Crippen LogP contribution is -2.46. The molecule has 1 fully saturated rings. The number of aromatic nitrogens is 1. The number of benzene rings is 1. The zero-order chi connectivity index (χ0) is 15.5. The minimum Gasteiger partial charge on any atom is -0.377 e. The molecule has 5 heteroatoms. The summed E-state index contributed by atoms with van der Waals surface area (Å²) in [4.78, 5) is 17.7. The normalized spacial score (nSPS) is 20.8. The molecule has 3 N–H and O–H groups in total. The zero-order valence-electron chi connectivity index (χ0n) is 12.9. The zero-order valence-corrected chi connectivity index (χ0v) is 12.9. The highest BCUT2D eigenvalue weighted by Crippen LogP contribution is 2.19. The van der Waals surface area contributed by atoms with E-state index in [2.05, 4.69) is 11.1 Å². The second kappa shape index (κ2) is 6.50. The van der Waals surface area contributed by atoms with Gasteiger partial charge in [-0.2, -0.15) is 0 Å². The molecule has 22 heavy (non-hydrogen) atoms. The van der Waals surface area contributed by atoms with Gasteiger partial charge in [0.05, 0.1) is 12.1 Å². The lowest BCUT2D eigenvalue weighted by atomic mass is 10.0. The van der Waals surface area contributed by atoms with E-state index < -0.39 is 6.04 Å². The van der Waals surface area contributed by atoms with E-state index in [1.807, 2.05) is 36.2 Å². The fourth-order valence-electron chi connectivity index (χ4n) is 3.05. The Morgan fingerprint density at radius 1 is 1.50 bits per heavy atom. The van der Waals surface area contributed by atoms with Crippen LogP contribution in [0, 0.1) is 0 Å². The Morgan fingerprint density at radius 2 is 2.32 bits per heavy atom. The lowest BCUT2D eigenvalue weighted by Gasteiger charge is -2.25. The summed E-state index contributed by atoms with van der Waals surface area (Å²) in [5.41, 5.74) is 8.35. The second-order valence-electron chi connectivity index (χ2n) is 5.99. The second-order valence-corrected chi connectivity index (χ2v) is 5.99. The molecular formula is C17H23N3O2. The molecule has 2 atom stereocenters. The van der Waals surface area contributed by atoms with Crippen molar-refractivity contribution in [1.82, 2.24) is 9.88 Å². The SMILES string of the molecule is CC1CN(C(=O)[C@@H](N)Cc2c[nH]c3ccccc23)CCCO1. The maximum absolute atomic E-state index is 12.6. The highest BCUT2D eigenvalue weighted by molar-refractivity contribution is 5.86. The van der Waals surface area contributed by atoms with Gasteiger partial charge >= 0.3 is 0 Å². The first-order chi connectivity index (χ1) is 10.6. The van der Waals surface area contributed by atoms with Crippen molar-refractivity contribution in [3.8, 4) is 0 Å². The van der Waals surface area contributed by atoms with Crippen LogP contribution in [0.3, 0.4) is 0 Å². The summed E-state index contributed by atoms with van der Waals surface area (Å²) in [6, 6.07) is 7.57. The molecule has 1 aliphatic heterocycles. The largest absolute Gasteiger partial charge is 0.377 e. The van der Waals surface area contributed by atoms with E-state index in [0.717, 1.165) is 29.4 Å². The molecule has 1 saturated heterocycles. The van der Waals surface area contributed by atoms with Gasteiger partial charge in [-0.3, -0.25) is 4.79 Å². The van der Waals surface area contributed by atoms with Gasteiger partial charge < -0.3 is 20.4 Å². The number of carbonyl (C=O) groups excluding carboxylic acids is 1. The number of para-hydroxylation sites is 1. The summed E-state index contributed by atoms with van der Waals surface area (Å²) in [5, 5.41) is 1.14. The van der Waals surface area contributed by atoms with Gasteiger partial charge in [0.25, 0.3) is 0 Å². The standard InChI is InChI=1S/C17H23N3O2/c1-12-11-20(7-4-8-22-12)17(21)15(18)9-13-10-19-16-6-3-2-5-14(13)16/h2-3,5-6,10,12,15,19H,4,7-9,11,18H2,1H3/t12?,15-/m0/s1. The average Bonchev–Trinajstić information content (AvgIpc) is 2.79. The molecule has 2 heterocycles. The number of nitrogens with zero attached hydrogens (tertiary/aromatic N) is 1. The molecule has 1 unspecified atom stereocenters. The van der Waals surface area contributed by atoms with Crippen molar-refractivity contribution in [2.24, 2.45) is 5.73 Å². The van der Waals surface area contributed by atoms with Crippen LogP contribution in [0.1, 0.15) is 18.9 Å². The number of nitrogens with one attached hydrogen (secondary N) is 1. The van der Waals surface area contributed by atoms with E-state index in [0.29, 0.717) is 19.6 Å². The molecule has 1 aromatic carbocycles. The third-order valence-corrected chi connectivity index (χ3v) is 4.20. The Kier molecular flexibility index (Phi) is 4.45. The number of ether oxygens (including phenoxy) is 1. The molecule has 0 saturated carbocycles. The van der Waals surface area contributed by atoms with Crippen LogP contribution in [-0.2, 0) is 16.0 Å². The van der Waals surface area contributed by atoms with E-state index in [9.17, 15) is 4.79 Å². The molecule has 118 valence electrons. The van der Waals surface area contributed by atoms with E-state index in [4.69, 9.17) is 10.5 Å². The Hall–Kier alpha value is -1.85. The van der Waals surface area contributed by atoms with Crippen LogP contribution in [0.25, 0.3) is 10.9 Å². The number of amides is 1. The molecule has 5 nitrogen and oxygen atoms in total. The number of H-pyrrole nitrogens is 1. The number of hydrogen-bond acceptors (Lipinski definition) is 3. The van der Waals surface area contributed by atoms with Crippen LogP contribution in [0.5, 0.6) is 0 Å². The Labute approximate surface area is 130 Å². The van der Waals surface area contributed by atoms with Crippen LogP contribution in [0.4, 0.5) is 0 Å². The predicted octanol–water partition coefficient (Wildman–Crippen LogP) is 1.68. The van der Waals surface area contributed by atoms with E-state index in [-0.39, 0.29) is 12.0 Å². The van der Waals surface area contributed by atoms with E-state index in [1.165, 1.54) is 0 Å². The van der Waals surface area contributed by atoms with Crippen molar-refractivity contribution in [2.75, 3.05) is 19.7 Å². The number of hydrogen-bond donors (Lipinski definition) is 2. The molecular weight excluding hydrogens is 278 g/mol. The molecule has 0 aliphatic carbocycles. The van der Waals surface area contributed by atoms with Crippen LogP contribution in [0.15, 0.2) is 30.5 Å². The van der Waals surface area contributed by atoms with Gasteiger partial charge in [-0.05, 0) is 31.4 Å². The topological polar surface area (TPSA) is 71.3 Å². The summed E-state index contributed by atoms with van der Waals surface area (Å²) in [6.45, 7) is 4.06. The van der Waals surface area contributed by atoms with Gasteiger partial charge in [0.1, 0.15) is 0 Å². The van der Waals surface area contributed by atoms with Gasteiger partial charge in [-0.25, -0.2) is 0 Å². The molecule has 0 bridgehead atoms. The lowest BCUT2D eigenvalue weighted by molar-refractivity contribution is -0.133. The van der Waals surface area contributed by atoms with E-state index >= 15 is 0 Å². The minimum absolute atomic E-state index is 0.0163. The van der Waals surface area contributed by atoms with E-state index in [1.54, 1.807) is 0 Å². The third-order valence-electron chi connectivity index (χ3n) is 4.20.